The van der Waals surface area contributed by atoms with Crippen LogP contribution in [0.2, 0.25) is 0 Å². The molecule has 6 nitrogen and oxygen atoms in total. The normalized spacial score (nSPS) is 20.2. The van der Waals surface area contributed by atoms with Gasteiger partial charge < -0.3 is 14.2 Å². The van der Waals surface area contributed by atoms with Crippen molar-refractivity contribution in [3.05, 3.63) is 65.9 Å². The van der Waals surface area contributed by atoms with E-state index in [1.54, 1.807) is 24.4 Å². The van der Waals surface area contributed by atoms with E-state index in [1.807, 2.05) is 17.0 Å². The number of aromatic nitrogens is 3. The minimum Gasteiger partial charge on any atom is -0.370 e. The predicted molar refractivity (Wildman–Crippen MR) is 116 cm³/mol. The summed E-state index contributed by atoms with van der Waals surface area (Å²) in [4.78, 5) is 23.9. The highest BCUT2D eigenvalue weighted by molar-refractivity contribution is 5.91. The minimum atomic E-state index is -0.307. The zero-order valence-electron chi connectivity index (χ0n) is 17.3. The highest BCUT2D eigenvalue weighted by atomic mass is 19.1. The van der Waals surface area contributed by atoms with Crippen LogP contribution in [-0.4, -0.2) is 45.0 Å². The van der Waals surface area contributed by atoms with E-state index in [9.17, 15) is 9.18 Å². The quantitative estimate of drug-likeness (QED) is 0.591. The smallest absolute Gasteiger partial charge is 0.246 e. The summed E-state index contributed by atoms with van der Waals surface area (Å²) in [6, 6.07) is 10.4. The Hall–Kier alpha value is -3.06. The van der Waals surface area contributed by atoms with Gasteiger partial charge in [0, 0.05) is 38.0 Å². The molecule has 2 aliphatic heterocycles. The number of hydrogen-bond donors (Lipinski definition) is 0. The van der Waals surface area contributed by atoms with Gasteiger partial charge in [-0.05, 0) is 61.6 Å². The summed E-state index contributed by atoms with van der Waals surface area (Å²) in [6.45, 7) is 2.09. The molecule has 31 heavy (non-hydrogen) atoms. The van der Waals surface area contributed by atoms with Gasteiger partial charge in [-0.2, -0.15) is 0 Å². The molecule has 0 aliphatic carbocycles. The molecular formula is C24H25FN4O2. The number of rotatable bonds is 4. The topological polar surface area (TPSA) is 60.2 Å². The van der Waals surface area contributed by atoms with Crippen molar-refractivity contribution in [2.45, 2.75) is 37.8 Å². The Kier molecular flexibility index (Phi) is 5.51. The largest absolute Gasteiger partial charge is 0.370 e. The van der Waals surface area contributed by atoms with Crippen LogP contribution >= 0.6 is 0 Å². The van der Waals surface area contributed by atoms with Crippen molar-refractivity contribution in [1.82, 2.24) is 19.4 Å². The van der Waals surface area contributed by atoms with Crippen LogP contribution in [-0.2, 0) is 9.53 Å². The van der Waals surface area contributed by atoms with Crippen molar-refractivity contribution in [2.24, 2.45) is 0 Å². The van der Waals surface area contributed by atoms with Crippen LogP contribution in [0.25, 0.3) is 17.2 Å². The van der Waals surface area contributed by atoms with Crippen molar-refractivity contribution >= 4 is 23.1 Å². The van der Waals surface area contributed by atoms with Crippen molar-refractivity contribution in [3.8, 4) is 0 Å². The first-order chi connectivity index (χ1) is 15.2. The average Bonchev–Trinajstić information content (AvgIpc) is 3.45. The summed E-state index contributed by atoms with van der Waals surface area (Å²) < 4.78 is 21.5. The minimum absolute atomic E-state index is 0.0167. The monoisotopic (exact) mass is 420 g/mol. The van der Waals surface area contributed by atoms with Crippen LogP contribution in [0.1, 0.15) is 49.2 Å². The number of amides is 1. The third kappa shape index (κ3) is 4.10. The average molecular weight is 420 g/mol. The van der Waals surface area contributed by atoms with Crippen molar-refractivity contribution in [3.63, 3.8) is 0 Å². The molecule has 0 saturated carbocycles. The predicted octanol–water partition coefficient (Wildman–Crippen LogP) is 4.30. The van der Waals surface area contributed by atoms with Gasteiger partial charge in [0.25, 0.3) is 0 Å². The highest BCUT2D eigenvalue weighted by Crippen LogP contribution is 2.35. The van der Waals surface area contributed by atoms with Gasteiger partial charge in [0.15, 0.2) is 5.65 Å². The lowest BCUT2D eigenvalue weighted by Gasteiger charge is -2.33. The third-order valence-electron chi connectivity index (χ3n) is 6.10. The fourth-order valence-corrected chi connectivity index (χ4v) is 4.54. The maximum absolute atomic E-state index is 13.3. The molecule has 2 fully saturated rings. The van der Waals surface area contributed by atoms with E-state index in [0.29, 0.717) is 18.7 Å². The number of halogens is 1. The van der Waals surface area contributed by atoms with E-state index in [2.05, 4.69) is 9.55 Å². The molecule has 2 aromatic heterocycles. The first-order valence-corrected chi connectivity index (χ1v) is 10.9. The lowest BCUT2D eigenvalue weighted by atomic mass is 10.0. The maximum Gasteiger partial charge on any atom is 0.246 e. The van der Waals surface area contributed by atoms with Gasteiger partial charge in [0.2, 0.25) is 5.91 Å². The molecule has 1 aromatic carbocycles. The van der Waals surface area contributed by atoms with E-state index in [4.69, 9.17) is 9.72 Å². The fraction of sp³-hybridized carbons (Fsp3) is 0.375. The number of imidazole rings is 1. The van der Waals surface area contributed by atoms with Gasteiger partial charge in [-0.15, -0.1) is 0 Å². The zero-order chi connectivity index (χ0) is 21.2. The Morgan fingerprint density at radius 3 is 2.81 bits per heavy atom. The van der Waals surface area contributed by atoms with Gasteiger partial charge in [0.1, 0.15) is 23.3 Å². The number of carbonyl (C=O) groups excluding carboxylic acids is 1. The summed E-state index contributed by atoms with van der Waals surface area (Å²) in [5.41, 5.74) is 2.47. The Morgan fingerprint density at radius 1 is 1.16 bits per heavy atom. The summed E-state index contributed by atoms with van der Waals surface area (Å²) >= 11 is 0. The molecule has 5 rings (SSSR count). The summed E-state index contributed by atoms with van der Waals surface area (Å²) in [5, 5.41) is 0. The van der Waals surface area contributed by atoms with E-state index < -0.39 is 0 Å². The molecular weight excluding hydrogens is 395 g/mol. The second-order valence-corrected chi connectivity index (χ2v) is 8.13. The molecule has 3 aromatic rings. The number of likely N-dealkylation sites (tertiary alicyclic amines) is 1. The number of benzene rings is 1. The molecule has 7 heteroatoms. The van der Waals surface area contributed by atoms with Crippen LogP contribution in [0.15, 0.2) is 48.7 Å². The standard InChI is InChI=1S/C24H25FN4O2/c25-18-5-1-4-17(16-18)8-9-22(30)28-13-10-19(11-14-28)29-23-20(6-2-12-26-23)27-24(29)21-7-3-15-31-21/h1-2,4-6,8-9,12,16,19,21H,3,7,10-11,13-15H2/b9-8+. The molecule has 1 amide bonds. The number of carbonyl (C=O) groups is 1. The van der Waals surface area contributed by atoms with Crippen LogP contribution < -0.4 is 0 Å². The van der Waals surface area contributed by atoms with Crippen molar-refractivity contribution < 1.29 is 13.9 Å². The summed E-state index contributed by atoms with van der Waals surface area (Å²) in [6.07, 6.45) is 8.71. The van der Waals surface area contributed by atoms with Gasteiger partial charge in [-0.1, -0.05) is 12.1 Å². The molecule has 0 radical (unpaired) electrons. The third-order valence-corrected chi connectivity index (χ3v) is 6.10. The Balaban J connectivity index is 1.31. The van der Waals surface area contributed by atoms with E-state index in [-0.39, 0.29) is 23.9 Å². The second-order valence-electron chi connectivity index (χ2n) is 8.13. The Labute approximate surface area is 180 Å². The van der Waals surface area contributed by atoms with E-state index in [0.717, 1.165) is 49.3 Å². The van der Waals surface area contributed by atoms with Crippen LogP contribution in [0, 0.1) is 5.82 Å². The Bertz CT molecular complexity index is 1110. The first-order valence-electron chi connectivity index (χ1n) is 10.9. The lowest BCUT2D eigenvalue weighted by Crippen LogP contribution is -2.38. The van der Waals surface area contributed by atoms with Crippen LogP contribution in [0.5, 0.6) is 0 Å². The molecule has 4 heterocycles. The first kappa shape index (κ1) is 19.9. The molecule has 0 spiro atoms. The summed E-state index contributed by atoms with van der Waals surface area (Å²) in [7, 11) is 0. The fourth-order valence-electron chi connectivity index (χ4n) is 4.54. The number of fused-ring (bicyclic) bond motifs is 1. The molecule has 0 bridgehead atoms. The Morgan fingerprint density at radius 2 is 2.03 bits per heavy atom. The van der Waals surface area contributed by atoms with Gasteiger partial charge in [0.05, 0.1) is 0 Å². The number of hydrogen-bond acceptors (Lipinski definition) is 4. The van der Waals surface area contributed by atoms with Crippen LogP contribution in [0.4, 0.5) is 4.39 Å². The number of piperidine rings is 1. The van der Waals surface area contributed by atoms with Gasteiger partial charge in [-0.3, -0.25) is 4.79 Å². The van der Waals surface area contributed by atoms with Crippen molar-refractivity contribution in [2.75, 3.05) is 19.7 Å². The van der Waals surface area contributed by atoms with E-state index in [1.165, 1.54) is 18.2 Å². The molecule has 160 valence electrons. The van der Waals surface area contributed by atoms with E-state index >= 15 is 0 Å². The summed E-state index contributed by atoms with van der Waals surface area (Å²) in [5.74, 6) is 0.608. The molecule has 1 atom stereocenters. The second kappa shape index (κ2) is 8.59. The maximum atomic E-state index is 13.3. The van der Waals surface area contributed by atoms with Gasteiger partial charge >= 0.3 is 0 Å². The zero-order valence-corrected chi connectivity index (χ0v) is 17.3. The highest BCUT2D eigenvalue weighted by Gasteiger charge is 2.31. The van der Waals surface area contributed by atoms with Crippen LogP contribution in [0.3, 0.4) is 0 Å². The van der Waals surface area contributed by atoms with Gasteiger partial charge in [-0.25, -0.2) is 14.4 Å². The molecule has 0 N–H and O–H groups in total. The number of nitrogens with zero attached hydrogens (tertiary/aromatic N) is 4. The number of pyridine rings is 1. The van der Waals surface area contributed by atoms with Crippen molar-refractivity contribution in [1.29, 1.82) is 0 Å². The molecule has 2 aliphatic rings. The number of ether oxygens (including phenoxy) is 1. The molecule has 1 unspecified atom stereocenters. The molecule has 2 saturated heterocycles. The SMILES string of the molecule is O=C(/C=C/c1cccc(F)c1)N1CCC(n2c(C3CCCO3)nc3cccnc32)CC1. The lowest BCUT2D eigenvalue weighted by molar-refractivity contribution is -0.127.